The van der Waals surface area contributed by atoms with Crippen molar-refractivity contribution < 1.29 is 9.59 Å². The summed E-state index contributed by atoms with van der Waals surface area (Å²) >= 11 is 7.65. The van der Waals surface area contributed by atoms with Crippen LogP contribution in [0, 0.1) is 13.8 Å². The molecule has 0 aliphatic heterocycles. The monoisotopic (exact) mass is 400 g/mol. The molecule has 0 bridgehead atoms. The smallest absolute Gasteiger partial charge is 0.263 e. The molecule has 2 amide bonds. The summed E-state index contributed by atoms with van der Waals surface area (Å²) in [6, 6.07) is 13.8. The van der Waals surface area contributed by atoms with E-state index in [9.17, 15) is 9.59 Å². The van der Waals surface area contributed by atoms with Crippen LogP contribution >= 0.6 is 22.9 Å². The SMILES string of the molecule is Cc1ccc(CN(C)C(=O)CNC(=O)c2sc3ccccc3c2Cl)c(C)c1. The van der Waals surface area contributed by atoms with Crippen molar-refractivity contribution in [2.24, 2.45) is 0 Å². The van der Waals surface area contributed by atoms with Gasteiger partial charge in [-0.3, -0.25) is 9.59 Å². The number of hydrogen-bond acceptors (Lipinski definition) is 3. The van der Waals surface area contributed by atoms with Gasteiger partial charge in [0.2, 0.25) is 5.91 Å². The number of nitrogens with zero attached hydrogens (tertiary/aromatic N) is 1. The Morgan fingerprint density at radius 3 is 2.59 bits per heavy atom. The first-order valence-corrected chi connectivity index (χ1v) is 9.81. The Morgan fingerprint density at radius 1 is 1.15 bits per heavy atom. The van der Waals surface area contributed by atoms with Crippen molar-refractivity contribution in [1.29, 1.82) is 0 Å². The van der Waals surface area contributed by atoms with Crippen LogP contribution < -0.4 is 5.32 Å². The predicted octanol–water partition coefficient (Wildman–Crippen LogP) is 4.56. The topological polar surface area (TPSA) is 49.4 Å². The summed E-state index contributed by atoms with van der Waals surface area (Å²) in [7, 11) is 1.74. The minimum atomic E-state index is -0.325. The molecule has 2 aromatic carbocycles. The third-order valence-corrected chi connectivity index (χ3v) is 6.15. The van der Waals surface area contributed by atoms with Gasteiger partial charge in [-0.2, -0.15) is 0 Å². The number of amides is 2. The van der Waals surface area contributed by atoms with Gasteiger partial charge in [-0.25, -0.2) is 0 Å². The van der Waals surface area contributed by atoms with Gasteiger partial charge >= 0.3 is 0 Å². The normalized spacial score (nSPS) is 10.8. The van der Waals surface area contributed by atoms with E-state index in [1.54, 1.807) is 11.9 Å². The van der Waals surface area contributed by atoms with Gasteiger partial charge in [-0.05, 0) is 31.0 Å². The van der Waals surface area contributed by atoms with Crippen LogP contribution in [0.5, 0.6) is 0 Å². The van der Waals surface area contributed by atoms with Crippen LogP contribution in [0.4, 0.5) is 0 Å². The number of halogens is 1. The number of benzene rings is 2. The number of aryl methyl sites for hydroxylation is 2. The minimum absolute atomic E-state index is 0.0647. The molecule has 1 heterocycles. The Bertz CT molecular complexity index is 1010. The molecule has 1 N–H and O–H groups in total. The second-order valence-corrected chi connectivity index (χ2v) is 8.03. The van der Waals surface area contributed by atoms with E-state index in [0.717, 1.165) is 21.2 Å². The first-order chi connectivity index (χ1) is 12.9. The highest BCUT2D eigenvalue weighted by Gasteiger charge is 2.18. The lowest BCUT2D eigenvalue weighted by Gasteiger charge is -2.19. The van der Waals surface area contributed by atoms with Crippen LogP contribution in [-0.2, 0) is 11.3 Å². The van der Waals surface area contributed by atoms with Crippen molar-refractivity contribution in [1.82, 2.24) is 10.2 Å². The number of likely N-dealkylation sites (N-methyl/N-ethyl adjacent to an activating group) is 1. The number of fused-ring (bicyclic) bond motifs is 1. The standard InChI is InChI=1S/C21H21ClN2O2S/c1-13-8-9-15(14(2)10-13)12-24(3)18(25)11-23-21(26)20-19(22)16-6-4-5-7-17(16)27-20/h4-10H,11-12H2,1-3H3,(H,23,26). The molecular weight excluding hydrogens is 380 g/mol. The van der Waals surface area contributed by atoms with E-state index >= 15 is 0 Å². The molecule has 6 heteroatoms. The van der Waals surface area contributed by atoms with Gasteiger partial charge in [0, 0.05) is 23.7 Å². The molecule has 0 radical (unpaired) electrons. The molecule has 1 aromatic heterocycles. The second kappa shape index (κ2) is 8.11. The van der Waals surface area contributed by atoms with Gasteiger partial charge < -0.3 is 10.2 Å². The van der Waals surface area contributed by atoms with Gasteiger partial charge in [0.15, 0.2) is 0 Å². The number of carbonyl (C=O) groups is 2. The van der Waals surface area contributed by atoms with Crippen molar-refractivity contribution in [3.8, 4) is 0 Å². The third-order valence-electron chi connectivity index (χ3n) is 4.47. The van der Waals surface area contributed by atoms with E-state index in [1.807, 2.05) is 50.2 Å². The van der Waals surface area contributed by atoms with Crippen LogP contribution in [0.15, 0.2) is 42.5 Å². The summed E-state index contributed by atoms with van der Waals surface area (Å²) in [6.07, 6.45) is 0. The lowest BCUT2D eigenvalue weighted by atomic mass is 10.1. The molecule has 3 rings (SSSR count). The largest absolute Gasteiger partial charge is 0.342 e. The molecule has 0 unspecified atom stereocenters. The molecule has 140 valence electrons. The highest BCUT2D eigenvalue weighted by molar-refractivity contribution is 7.21. The molecule has 0 saturated heterocycles. The van der Waals surface area contributed by atoms with Gasteiger partial charge in [0.1, 0.15) is 4.88 Å². The van der Waals surface area contributed by atoms with E-state index in [1.165, 1.54) is 16.9 Å². The Kier molecular flexibility index (Phi) is 5.82. The van der Waals surface area contributed by atoms with E-state index in [0.29, 0.717) is 16.4 Å². The summed E-state index contributed by atoms with van der Waals surface area (Å²) in [5, 5.41) is 3.98. The molecule has 0 fully saturated rings. The maximum absolute atomic E-state index is 12.5. The number of carbonyl (C=O) groups excluding carboxylic acids is 2. The Morgan fingerprint density at radius 2 is 1.89 bits per heavy atom. The lowest BCUT2D eigenvalue weighted by molar-refractivity contribution is -0.129. The van der Waals surface area contributed by atoms with E-state index < -0.39 is 0 Å². The maximum Gasteiger partial charge on any atom is 0.263 e. The van der Waals surface area contributed by atoms with Crippen molar-refractivity contribution in [2.45, 2.75) is 20.4 Å². The average molecular weight is 401 g/mol. The molecule has 0 aliphatic rings. The zero-order chi connectivity index (χ0) is 19.6. The molecule has 0 aliphatic carbocycles. The van der Waals surface area contributed by atoms with Crippen LogP contribution in [0.2, 0.25) is 5.02 Å². The highest BCUT2D eigenvalue weighted by atomic mass is 35.5. The number of hydrogen-bond donors (Lipinski definition) is 1. The third kappa shape index (κ3) is 4.31. The lowest BCUT2D eigenvalue weighted by Crippen LogP contribution is -2.37. The van der Waals surface area contributed by atoms with Gasteiger partial charge in [0.25, 0.3) is 5.91 Å². The average Bonchev–Trinajstić information content (AvgIpc) is 2.99. The molecular formula is C21H21ClN2O2S. The molecule has 27 heavy (non-hydrogen) atoms. The number of nitrogens with one attached hydrogen (secondary N) is 1. The Labute approximate surface area is 167 Å². The Balaban J connectivity index is 1.62. The van der Waals surface area contributed by atoms with E-state index in [2.05, 4.69) is 11.4 Å². The predicted molar refractivity (Wildman–Crippen MR) is 112 cm³/mol. The summed E-state index contributed by atoms with van der Waals surface area (Å²) in [6.45, 7) is 4.52. The fourth-order valence-electron chi connectivity index (χ4n) is 2.90. The molecule has 0 atom stereocenters. The molecule has 4 nitrogen and oxygen atoms in total. The number of thiophene rings is 1. The van der Waals surface area contributed by atoms with Crippen LogP contribution in [-0.4, -0.2) is 30.3 Å². The van der Waals surface area contributed by atoms with Crippen molar-refractivity contribution >= 4 is 44.8 Å². The van der Waals surface area contributed by atoms with Crippen molar-refractivity contribution in [3.63, 3.8) is 0 Å². The summed E-state index contributed by atoms with van der Waals surface area (Å²) in [5.41, 5.74) is 3.43. The van der Waals surface area contributed by atoms with E-state index in [-0.39, 0.29) is 18.4 Å². The fourth-order valence-corrected chi connectivity index (χ4v) is 4.33. The van der Waals surface area contributed by atoms with Crippen LogP contribution in [0.3, 0.4) is 0 Å². The minimum Gasteiger partial charge on any atom is -0.342 e. The number of rotatable bonds is 5. The Hall–Kier alpha value is -2.37. The summed E-state index contributed by atoms with van der Waals surface area (Å²) < 4.78 is 0.950. The van der Waals surface area contributed by atoms with Crippen LogP contribution in [0.25, 0.3) is 10.1 Å². The van der Waals surface area contributed by atoms with Gasteiger partial charge in [-0.15, -0.1) is 11.3 Å². The van der Waals surface area contributed by atoms with Crippen molar-refractivity contribution in [2.75, 3.05) is 13.6 Å². The zero-order valence-electron chi connectivity index (χ0n) is 15.5. The van der Waals surface area contributed by atoms with Crippen LogP contribution in [0.1, 0.15) is 26.4 Å². The molecule has 0 spiro atoms. The van der Waals surface area contributed by atoms with Crippen molar-refractivity contribution in [3.05, 3.63) is 69.1 Å². The van der Waals surface area contributed by atoms with E-state index in [4.69, 9.17) is 11.6 Å². The maximum atomic E-state index is 12.5. The zero-order valence-corrected chi connectivity index (χ0v) is 17.1. The quantitative estimate of drug-likeness (QED) is 0.682. The first-order valence-electron chi connectivity index (χ1n) is 8.62. The molecule has 3 aromatic rings. The summed E-state index contributed by atoms with van der Waals surface area (Å²) in [5.74, 6) is -0.477. The van der Waals surface area contributed by atoms with Gasteiger partial charge in [-0.1, -0.05) is 53.6 Å². The highest BCUT2D eigenvalue weighted by Crippen LogP contribution is 2.34. The van der Waals surface area contributed by atoms with Gasteiger partial charge in [0.05, 0.1) is 11.6 Å². The second-order valence-electron chi connectivity index (χ2n) is 6.60. The fraction of sp³-hybridized carbons (Fsp3) is 0.238. The molecule has 0 saturated carbocycles. The first kappa shape index (κ1) is 19.4. The summed E-state index contributed by atoms with van der Waals surface area (Å²) in [4.78, 5) is 26.9.